The van der Waals surface area contributed by atoms with Gasteiger partial charge < -0.3 is 15.4 Å². The third-order valence-electron chi connectivity index (χ3n) is 3.49. The van der Waals surface area contributed by atoms with Gasteiger partial charge in [-0.3, -0.25) is 9.59 Å². The van der Waals surface area contributed by atoms with Crippen molar-refractivity contribution in [2.75, 3.05) is 20.2 Å². The lowest BCUT2D eigenvalue weighted by molar-refractivity contribution is -0.127. The lowest BCUT2D eigenvalue weighted by atomic mass is 10.0. The molecule has 8 nitrogen and oxygen atoms in total. The number of amides is 2. The number of methoxy groups -OCH3 is 1. The van der Waals surface area contributed by atoms with Gasteiger partial charge in [0.25, 0.3) is 0 Å². The Labute approximate surface area is 154 Å². The number of carbonyl (C=O) groups is 2. The van der Waals surface area contributed by atoms with Gasteiger partial charge >= 0.3 is 0 Å². The lowest BCUT2D eigenvalue weighted by Crippen LogP contribution is -2.49. The van der Waals surface area contributed by atoms with Gasteiger partial charge in [0.1, 0.15) is 11.8 Å². The van der Waals surface area contributed by atoms with E-state index in [-0.39, 0.29) is 23.3 Å². The zero-order chi connectivity index (χ0) is 19.7. The lowest BCUT2D eigenvalue weighted by Gasteiger charge is -2.20. The minimum Gasteiger partial charge on any atom is -0.497 e. The fraction of sp³-hybridized carbons (Fsp3) is 0.529. The van der Waals surface area contributed by atoms with Gasteiger partial charge in [-0.15, -0.1) is 0 Å². The predicted molar refractivity (Wildman–Crippen MR) is 98.3 cm³/mol. The third kappa shape index (κ3) is 7.01. The van der Waals surface area contributed by atoms with Crippen LogP contribution in [0.4, 0.5) is 0 Å². The number of hydrogen-bond donors (Lipinski definition) is 3. The number of sulfonamides is 1. The summed E-state index contributed by atoms with van der Waals surface area (Å²) in [6.45, 7) is 5.78. The van der Waals surface area contributed by atoms with E-state index in [2.05, 4.69) is 15.4 Å². The summed E-state index contributed by atoms with van der Waals surface area (Å²) in [6, 6.07) is 4.89. The predicted octanol–water partition coefficient (Wildman–Crippen LogP) is 0.641. The molecule has 0 aliphatic rings. The topological polar surface area (TPSA) is 114 Å². The Bertz CT molecular complexity index is 702. The Morgan fingerprint density at radius 3 is 2.23 bits per heavy atom. The highest BCUT2D eigenvalue weighted by Crippen LogP contribution is 2.16. The van der Waals surface area contributed by atoms with E-state index in [0.717, 1.165) is 0 Å². The molecule has 0 aliphatic carbocycles. The van der Waals surface area contributed by atoms with Crippen LogP contribution in [0.15, 0.2) is 29.2 Å². The summed E-state index contributed by atoms with van der Waals surface area (Å²) in [5.74, 6) is -0.264. The van der Waals surface area contributed by atoms with E-state index >= 15 is 0 Å². The summed E-state index contributed by atoms with van der Waals surface area (Å²) in [6.07, 6.45) is 0.302. The monoisotopic (exact) mass is 385 g/mol. The standard InChI is InChI=1S/C17H27N3O5S/c1-5-18-16(21)11-19-17(22)15(10-12(2)3)20-26(23,24)14-8-6-13(25-4)7-9-14/h6-9,12,15,20H,5,10-11H2,1-4H3,(H,18,21)(H,19,22)/t15-/m1/s1. The first-order chi connectivity index (χ1) is 12.2. The average Bonchev–Trinajstić information content (AvgIpc) is 2.58. The van der Waals surface area contributed by atoms with Crippen LogP contribution in [0.2, 0.25) is 0 Å². The van der Waals surface area contributed by atoms with Crippen molar-refractivity contribution in [3.05, 3.63) is 24.3 Å². The summed E-state index contributed by atoms with van der Waals surface area (Å²) in [4.78, 5) is 23.9. The molecule has 0 heterocycles. The van der Waals surface area contributed by atoms with Crippen molar-refractivity contribution in [3.63, 3.8) is 0 Å². The Morgan fingerprint density at radius 1 is 1.12 bits per heavy atom. The van der Waals surface area contributed by atoms with Crippen molar-refractivity contribution in [1.82, 2.24) is 15.4 Å². The van der Waals surface area contributed by atoms with Crippen molar-refractivity contribution < 1.29 is 22.7 Å². The molecule has 0 unspecified atom stereocenters. The number of nitrogens with one attached hydrogen (secondary N) is 3. The fourth-order valence-electron chi connectivity index (χ4n) is 2.24. The Kier molecular flexibility index (Phi) is 8.53. The maximum atomic E-state index is 12.6. The molecule has 0 aliphatic heterocycles. The minimum atomic E-state index is -3.89. The van der Waals surface area contributed by atoms with Crippen molar-refractivity contribution in [2.24, 2.45) is 5.92 Å². The largest absolute Gasteiger partial charge is 0.497 e. The second kappa shape index (κ2) is 10.1. The van der Waals surface area contributed by atoms with E-state index in [1.807, 2.05) is 13.8 Å². The zero-order valence-electron chi connectivity index (χ0n) is 15.5. The molecule has 0 saturated carbocycles. The Morgan fingerprint density at radius 2 is 1.73 bits per heavy atom. The third-order valence-corrected chi connectivity index (χ3v) is 4.98. The van der Waals surface area contributed by atoms with Gasteiger partial charge in [-0.2, -0.15) is 4.72 Å². The van der Waals surface area contributed by atoms with Crippen LogP contribution in [0, 0.1) is 5.92 Å². The number of hydrogen-bond acceptors (Lipinski definition) is 5. The van der Waals surface area contributed by atoms with Crippen molar-refractivity contribution >= 4 is 21.8 Å². The molecule has 0 spiro atoms. The smallest absolute Gasteiger partial charge is 0.241 e. The van der Waals surface area contributed by atoms with E-state index in [9.17, 15) is 18.0 Å². The van der Waals surface area contributed by atoms with Crippen LogP contribution in [-0.4, -0.2) is 46.5 Å². The molecule has 0 radical (unpaired) electrons. The van der Waals surface area contributed by atoms with Gasteiger partial charge in [-0.1, -0.05) is 13.8 Å². The number of benzene rings is 1. The van der Waals surface area contributed by atoms with Gasteiger partial charge in [0.15, 0.2) is 0 Å². The molecule has 0 aromatic heterocycles. The maximum absolute atomic E-state index is 12.6. The minimum absolute atomic E-state index is 0.0311. The van der Waals surface area contributed by atoms with Crippen LogP contribution in [0.3, 0.4) is 0 Å². The second-order valence-electron chi connectivity index (χ2n) is 6.15. The summed E-state index contributed by atoms with van der Waals surface area (Å²) >= 11 is 0. The summed E-state index contributed by atoms with van der Waals surface area (Å²) in [5, 5.41) is 5.03. The van der Waals surface area contributed by atoms with Crippen LogP contribution in [0.25, 0.3) is 0 Å². The van der Waals surface area contributed by atoms with E-state index in [0.29, 0.717) is 18.7 Å². The van der Waals surface area contributed by atoms with Crippen molar-refractivity contribution in [1.29, 1.82) is 0 Å². The van der Waals surface area contributed by atoms with E-state index in [1.165, 1.54) is 31.4 Å². The molecule has 1 aromatic rings. The van der Waals surface area contributed by atoms with Crippen molar-refractivity contribution in [3.8, 4) is 5.75 Å². The molecule has 0 saturated heterocycles. The van der Waals surface area contributed by atoms with Gasteiger partial charge in [0.2, 0.25) is 21.8 Å². The van der Waals surface area contributed by atoms with Gasteiger partial charge in [0, 0.05) is 6.54 Å². The van der Waals surface area contributed by atoms with Crippen LogP contribution < -0.4 is 20.1 Å². The van der Waals surface area contributed by atoms with Gasteiger partial charge in [0.05, 0.1) is 18.6 Å². The van der Waals surface area contributed by atoms with Gasteiger partial charge in [-0.25, -0.2) is 8.42 Å². The number of rotatable bonds is 10. The molecule has 0 bridgehead atoms. The number of carbonyl (C=O) groups excluding carboxylic acids is 2. The highest BCUT2D eigenvalue weighted by atomic mass is 32.2. The molecule has 146 valence electrons. The van der Waals surface area contributed by atoms with Crippen LogP contribution in [0.5, 0.6) is 5.75 Å². The van der Waals surface area contributed by atoms with Crippen LogP contribution in [0.1, 0.15) is 27.2 Å². The molecule has 3 N–H and O–H groups in total. The second-order valence-corrected chi connectivity index (χ2v) is 7.86. The molecule has 0 fully saturated rings. The first kappa shape index (κ1) is 21.9. The van der Waals surface area contributed by atoms with Crippen LogP contribution in [-0.2, 0) is 19.6 Å². The summed E-state index contributed by atoms with van der Waals surface area (Å²) in [5.41, 5.74) is 0. The molecular weight excluding hydrogens is 358 g/mol. The molecule has 26 heavy (non-hydrogen) atoms. The zero-order valence-corrected chi connectivity index (χ0v) is 16.4. The van der Waals surface area contributed by atoms with Crippen LogP contribution >= 0.6 is 0 Å². The quantitative estimate of drug-likeness (QED) is 0.547. The molecule has 2 amide bonds. The Hall–Kier alpha value is -2.13. The Balaban J connectivity index is 2.87. The highest BCUT2D eigenvalue weighted by Gasteiger charge is 2.26. The van der Waals surface area contributed by atoms with E-state index in [1.54, 1.807) is 6.92 Å². The number of ether oxygens (including phenoxy) is 1. The summed E-state index contributed by atoms with van der Waals surface area (Å²) < 4.78 is 32.5. The molecule has 1 atom stereocenters. The SMILES string of the molecule is CCNC(=O)CNC(=O)[C@@H](CC(C)C)NS(=O)(=O)c1ccc(OC)cc1. The highest BCUT2D eigenvalue weighted by molar-refractivity contribution is 7.89. The summed E-state index contributed by atoms with van der Waals surface area (Å²) in [7, 11) is -2.41. The fourth-order valence-corrected chi connectivity index (χ4v) is 3.45. The van der Waals surface area contributed by atoms with Crippen molar-refractivity contribution in [2.45, 2.75) is 38.1 Å². The average molecular weight is 385 g/mol. The molecular formula is C17H27N3O5S. The first-order valence-corrected chi connectivity index (χ1v) is 9.88. The molecule has 1 aromatic carbocycles. The normalized spacial score (nSPS) is 12.5. The van der Waals surface area contributed by atoms with E-state index < -0.39 is 22.0 Å². The number of likely N-dealkylation sites (N-methyl/N-ethyl adjacent to an activating group) is 1. The molecule has 9 heteroatoms. The molecule has 1 rings (SSSR count). The van der Waals surface area contributed by atoms with Gasteiger partial charge in [-0.05, 0) is 43.5 Å². The maximum Gasteiger partial charge on any atom is 0.241 e. The first-order valence-electron chi connectivity index (χ1n) is 8.40. The van der Waals surface area contributed by atoms with E-state index in [4.69, 9.17) is 4.74 Å².